The van der Waals surface area contributed by atoms with Gasteiger partial charge in [0.25, 0.3) is 5.91 Å². The fourth-order valence-corrected chi connectivity index (χ4v) is 3.89. The van der Waals surface area contributed by atoms with Gasteiger partial charge in [-0.15, -0.1) is 0 Å². The summed E-state index contributed by atoms with van der Waals surface area (Å²) in [7, 11) is 0. The zero-order valence-corrected chi connectivity index (χ0v) is 16.8. The summed E-state index contributed by atoms with van der Waals surface area (Å²) in [5, 5.41) is 2.79. The highest BCUT2D eigenvalue weighted by molar-refractivity contribution is 6.05. The van der Waals surface area contributed by atoms with E-state index in [1.807, 2.05) is 44.2 Å². The topological polar surface area (TPSA) is 92.8 Å². The van der Waals surface area contributed by atoms with Gasteiger partial charge < -0.3 is 10.1 Å². The van der Waals surface area contributed by atoms with Gasteiger partial charge >= 0.3 is 5.97 Å². The van der Waals surface area contributed by atoms with Gasteiger partial charge in [0.15, 0.2) is 6.61 Å². The third-order valence-electron chi connectivity index (χ3n) is 5.51. The number of carbonyl (C=O) groups is 4. The van der Waals surface area contributed by atoms with Crippen molar-refractivity contribution in [3.05, 3.63) is 41.5 Å². The van der Waals surface area contributed by atoms with E-state index in [4.69, 9.17) is 4.74 Å². The van der Waals surface area contributed by atoms with Gasteiger partial charge in [-0.1, -0.05) is 37.3 Å². The summed E-state index contributed by atoms with van der Waals surface area (Å²) in [4.78, 5) is 50.1. The molecule has 154 valence electrons. The van der Waals surface area contributed by atoms with Crippen molar-refractivity contribution in [2.45, 2.75) is 39.5 Å². The van der Waals surface area contributed by atoms with Gasteiger partial charge in [-0.3, -0.25) is 24.1 Å². The number of para-hydroxylation sites is 1. The van der Waals surface area contributed by atoms with Crippen molar-refractivity contribution in [3.8, 4) is 0 Å². The van der Waals surface area contributed by atoms with Crippen LogP contribution in [0.5, 0.6) is 0 Å². The lowest BCUT2D eigenvalue weighted by Gasteiger charge is -2.15. The van der Waals surface area contributed by atoms with Gasteiger partial charge in [-0.25, -0.2) is 0 Å². The van der Waals surface area contributed by atoms with Gasteiger partial charge in [0.05, 0.1) is 18.3 Å². The minimum Gasteiger partial charge on any atom is -0.456 e. The highest BCUT2D eigenvalue weighted by atomic mass is 16.5. The standard InChI is InChI=1S/C22H26N2O5/c1-3-15-8-6-7-14(2)20(15)23-18(25)13-29-19(26)11-12-24-21(27)16-9-4-5-10-17(16)22(24)28/h4-8,16-17H,3,9-13H2,1-2H3,(H,23,25)/t16-,17+. The van der Waals surface area contributed by atoms with Crippen molar-refractivity contribution >= 4 is 29.4 Å². The van der Waals surface area contributed by atoms with Crippen LogP contribution < -0.4 is 5.32 Å². The Morgan fingerprint density at radius 1 is 1.14 bits per heavy atom. The Morgan fingerprint density at radius 2 is 1.79 bits per heavy atom. The van der Waals surface area contributed by atoms with E-state index >= 15 is 0 Å². The van der Waals surface area contributed by atoms with Crippen LogP contribution in [0, 0.1) is 18.8 Å². The molecule has 0 spiro atoms. The van der Waals surface area contributed by atoms with Crippen molar-refractivity contribution < 1.29 is 23.9 Å². The number of imide groups is 1. The minimum atomic E-state index is -0.616. The Balaban J connectivity index is 1.46. The highest BCUT2D eigenvalue weighted by Gasteiger charge is 2.46. The van der Waals surface area contributed by atoms with Crippen LogP contribution in [0.25, 0.3) is 0 Å². The number of likely N-dealkylation sites (tertiary alicyclic amines) is 1. The van der Waals surface area contributed by atoms with E-state index < -0.39 is 18.5 Å². The molecule has 2 aliphatic rings. The molecule has 0 bridgehead atoms. The zero-order valence-electron chi connectivity index (χ0n) is 16.8. The first-order valence-corrected chi connectivity index (χ1v) is 9.96. The molecule has 1 saturated heterocycles. The van der Waals surface area contributed by atoms with Gasteiger partial charge in [0, 0.05) is 12.2 Å². The Labute approximate surface area is 170 Å². The van der Waals surface area contributed by atoms with E-state index in [1.54, 1.807) is 0 Å². The van der Waals surface area contributed by atoms with Crippen LogP contribution in [0.15, 0.2) is 30.4 Å². The van der Waals surface area contributed by atoms with Crippen LogP contribution in [0.2, 0.25) is 0 Å². The number of nitrogens with zero attached hydrogens (tertiary/aromatic N) is 1. The first kappa shape index (κ1) is 20.8. The predicted octanol–water partition coefficient (Wildman–Crippen LogP) is 2.38. The molecule has 1 fully saturated rings. The summed E-state index contributed by atoms with van der Waals surface area (Å²) in [5.74, 6) is -2.10. The summed E-state index contributed by atoms with van der Waals surface area (Å²) in [6.07, 6.45) is 5.61. The molecule has 2 atom stereocenters. The molecule has 3 rings (SSSR count). The second kappa shape index (κ2) is 9.03. The number of anilines is 1. The molecule has 1 aliphatic carbocycles. The second-order valence-electron chi connectivity index (χ2n) is 7.41. The molecule has 7 nitrogen and oxygen atoms in total. The van der Waals surface area contributed by atoms with Crippen molar-refractivity contribution in [3.63, 3.8) is 0 Å². The van der Waals surface area contributed by atoms with Crippen molar-refractivity contribution in [1.29, 1.82) is 0 Å². The van der Waals surface area contributed by atoms with E-state index in [9.17, 15) is 19.2 Å². The molecule has 29 heavy (non-hydrogen) atoms. The Morgan fingerprint density at radius 3 is 2.41 bits per heavy atom. The number of allylic oxidation sites excluding steroid dienone is 2. The Hall–Kier alpha value is -2.96. The fourth-order valence-electron chi connectivity index (χ4n) is 3.89. The first-order valence-electron chi connectivity index (χ1n) is 9.96. The molecule has 1 heterocycles. The zero-order chi connectivity index (χ0) is 21.0. The number of hydrogen-bond donors (Lipinski definition) is 1. The number of fused-ring (bicyclic) bond motifs is 1. The highest BCUT2D eigenvalue weighted by Crippen LogP contribution is 2.35. The maximum atomic E-state index is 12.4. The number of amides is 3. The lowest BCUT2D eigenvalue weighted by Crippen LogP contribution is -2.33. The van der Waals surface area contributed by atoms with Gasteiger partial charge in [-0.2, -0.15) is 0 Å². The van der Waals surface area contributed by atoms with E-state index in [2.05, 4.69) is 5.32 Å². The molecule has 1 aromatic carbocycles. The lowest BCUT2D eigenvalue weighted by molar-refractivity contribution is -0.148. The van der Waals surface area contributed by atoms with Crippen molar-refractivity contribution in [1.82, 2.24) is 4.90 Å². The molecule has 7 heteroatoms. The summed E-state index contributed by atoms with van der Waals surface area (Å²) in [5.41, 5.74) is 2.68. The Kier molecular flexibility index (Phi) is 6.46. The second-order valence-corrected chi connectivity index (χ2v) is 7.41. The molecule has 1 N–H and O–H groups in total. The maximum Gasteiger partial charge on any atom is 0.308 e. The number of benzene rings is 1. The Bertz CT molecular complexity index is 835. The summed E-state index contributed by atoms with van der Waals surface area (Å²) in [6, 6.07) is 5.76. The van der Waals surface area contributed by atoms with E-state index in [0.717, 1.165) is 28.1 Å². The normalized spacial score (nSPS) is 20.6. The van der Waals surface area contributed by atoms with E-state index in [0.29, 0.717) is 12.8 Å². The quantitative estimate of drug-likeness (QED) is 0.432. The monoisotopic (exact) mass is 398 g/mol. The number of carbonyl (C=O) groups excluding carboxylic acids is 4. The number of nitrogens with one attached hydrogen (secondary N) is 1. The number of ether oxygens (including phenoxy) is 1. The van der Waals surface area contributed by atoms with Crippen LogP contribution >= 0.6 is 0 Å². The summed E-state index contributed by atoms with van der Waals surface area (Å²) >= 11 is 0. The summed E-state index contributed by atoms with van der Waals surface area (Å²) in [6.45, 7) is 3.48. The van der Waals surface area contributed by atoms with Crippen LogP contribution in [-0.4, -0.2) is 41.7 Å². The minimum absolute atomic E-state index is 0.0110. The van der Waals surface area contributed by atoms with Crippen LogP contribution in [0.4, 0.5) is 5.69 Å². The number of aryl methyl sites for hydroxylation is 2. The van der Waals surface area contributed by atoms with E-state index in [1.165, 1.54) is 0 Å². The fraction of sp³-hybridized carbons (Fsp3) is 0.455. The van der Waals surface area contributed by atoms with Gasteiger partial charge in [0.2, 0.25) is 11.8 Å². The molecular weight excluding hydrogens is 372 g/mol. The summed E-state index contributed by atoms with van der Waals surface area (Å²) < 4.78 is 5.03. The number of esters is 1. The van der Waals surface area contributed by atoms with Gasteiger partial charge in [0.1, 0.15) is 0 Å². The smallest absolute Gasteiger partial charge is 0.308 e. The molecule has 3 amide bonds. The molecule has 0 radical (unpaired) electrons. The number of hydrogen-bond acceptors (Lipinski definition) is 5. The predicted molar refractivity (Wildman–Crippen MR) is 107 cm³/mol. The molecule has 0 saturated carbocycles. The molecular formula is C22H26N2O5. The average molecular weight is 398 g/mol. The third-order valence-corrected chi connectivity index (χ3v) is 5.51. The van der Waals surface area contributed by atoms with Crippen LogP contribution in [-0.2, 0) is 30.3 Å². The average Bonchev–Trinajstić information content (AvgIpc) is 2.96. The van der Waals surface area contributed by atoms with Crippen molar-refractivity contribution in [2.75, 3.05) is 18.5 Å². The van der Waals surface area contributed by atoms with Crippen molar-refractivity contribution in [2.24, 2.45) is 11.8 Å². The van der Waals surface area contributed by atoms with Crippen LogP contribution in [0.3, 0.4) is 0 Å². The molecule has 1 aromatic rings. The largest absolute Gasteiger partial charge is 0.456 e. The maximum absolute atomic E-state index is 12.4. The molecule has 1 aliphatic heterocycles. The molecule has 0 aromatic heterocycles. The lowest BCUT2D eigenvalue weighted by atomic mass is 9.85. The number of rotatable bonds is 7. The van der Waals surface area contributed by atoms with Gasteiger partial charge in [-0.05, 0) is 37.3 Å². The van der Waals surface area contributed by atoms with Crippen LogP contribution in [0.1, 0.15) is 37.3 Å². The molecule has 0 unspecified atom stereocenters. The SMILES string of the molecule is CCc1cccc(C)c1NC(=O)COC(=O)CCN1C(=O)[C@H]2CC=CC[C@H]2C1=O. The third kappa shape index (κ3) is 4.55. The van der Waals surface area contributed by atoms with E-state index in [-0.39, 0.29) is 36.6 Å². The first-order chi connectivity index (χ1) is 13.9.